The summed E-state index contributed by atoms with van der Waals surface area (Å²) in [6.07, 6.45) is 4.57. The van der Waals surface area contributed by atoms with Gasteiger partial charge in [0, 0.05) is 0 Å². The highest BCUT2D eigenvalue weighted by atomic mass is 16.7. The zero-order chi connectivity index (χ0) is 11.0. The van der Waals surface area contributed by atoms with Gasteiger partial charge in [0.1, 0.15) is 0 Å². The molecule has 0 aromatic carbocycles. The number of hydrogen-bond acceptors (Lipinski definition) is 2. The van der Waals surface area contributed by atoms with E-state index in [0.717, 1.165) is 31.1 Å². The second kappa shape index (κ2) is 7.18. The van der Waals surface area contributed by atoms with E-state index in [9.17, 15) is 4.79 Å². The SMILES string of the molecule is C=C(C=COC(=O)O)CCCC(C)C. The molecule has 0 atom stereocenters. The molecule has 0 spiro atoms. The van der Waals surface area contributed by atoms with Crippen LogP contribution in [0.3, 0.4) is 0 Å². The van der Waals surface area contributed by atoms with Gasteiger partial charge in [-0.15, -0.1) is 0 Å². The van der Waals surface area contributed by atoms with Gasteiger partial charge in [-0.2, -0.15) is 0 Å². The van der Waals surface area contributed by atoms with Crippen LogP contribution in [-0.2, 0) is 4.74 Å². The lowest BCUT2D eigenvalue weighted by Gasteiger charge is -2.03. The Morgan fingerprint density at radius 1 is 1.57 bits per heavy atom. The number of allylic oxidation sites excluding steroid dienone is 2. The van der Waals surface area contributed by atoms with E-state index >= 15 is 0 Å². The van der Waals surface area contributed by atoms with Gasteiger partial charge in [0.15, 0.2) is 0 Å². The fourth-order valence-electron chi connectivity index (χ4n) is 1.01. The summed E-state index contributed by atoms with van der Waals surface area (Å²) in [7, 11) is 0. The lowest BCUT2D eigenvalue weighted by molar-refractivity contribution is 0.128. The maximum atomic E-state index is 9.98. The van der Waals surface area contributed by atoms with Gasteiger partial charge in [0.05, 0.1) is 6.26 Å². The van der Waals surface area contributed by atoms with Crippen molar-refractivity contribution in [1.82, 2.24) is 0 Å². The highest BCUT2D eigenvalue weighted by Crippen LogP contribution is 2.11. The number of carbonyl (C=O) groups is 1. The van der Waals surface area contributed by atoms with Crippen LogP contribution in [-0.4, -0.2) is 11.3 Å². The maximum absolute atomic E-state index is 9.98. The molecule has 0 aromatic rings. The number of carboxylic acid groups (broad SMARTS) is 1. The first-order chi connectivity index (χ1) is 6.52. The Hall–Kier alpha value is -1.25. The first-order valence-corrected chi connectivity index (χ1v) is 4.76. The summed E-state index contributed by atoms with van der Waals surface area (Å²) in [6, 6.07) is 0. The first-order valence-electron chi connectivity index (χ1n) is 4.76. The molecular weight excluding hydrogens is 180 g/mol. The molecule has 3 nitrogen and oxygen atoms in total. The highest BCUT2D eigenvalue weighted by molar-refractivity contribution is 5.57. The van der Waals surface area contributed by atoms with Crippen molar-refractivity contribution in [3.8, 4) is 0 Å². The van der Waals surface area contributed by atoms with Gasteiger partial charge in [-0.25, -0.2) is 4.79 Å². The zero-order valence-electron chi connectivity index (χ0n) is 8.82. The lowest BCUT2D eigenvalue weighted by Crippen LogP contribution is -1.92. The molecule has 0 saturated heterocycles. The molecule has 1 N–H and O–H groups in total. The molecule has 0 saturated carbocycles. The van der Waals surface area contributed by atoms with Crippen LogP contribution in [0.1, 0.15) is 33.1 Å². The van der Waals surface area contributed by atoms with Gasteiger partial charge < -0.3 is 9.84 Å². The summed E-state index contributed by atoms with van der Waals surface area (Å²) in [5, 5.41) is 8.17. The molecule has 0 radical (unpaired) electrons. The van der Waals surface area contributed by atoms with E-state index in [1.807, 2.05) is 0 Å². The largest absolute Gasteiger partial charge is 0.510 e. The summed E-state index contributed by atoms with van der Waals surface area (Å²) in [4.78, 5) is 9.98. The van der Waals surface area contributed by atoms with Gasteiger partial charge in [-0.3, -0.25) is 0 Å². The molecule has 0 aliphatic heterocycles. The standard InChI is InChI=1S/C11H18O3/c1-9(2)5-4-6-10(3)7-8-14-11(12)13/h7-9H,3-6H2,1-2H3,(H,12,13). The molecule has 0 aliphatic carbocycles. The third-order valence-electron chi connectivity index (χ3n) is 1.75. The third-order valence-corrected chi connectivity index (χ3v) is 1.75. The monoisotopic (exact) mass is 198 g/mol. The smallest absolute Gasteiger partial charge is 0.449 e. The Balaban J connectivity index is 3.55. The Bertz CT molecular complexity index is 217. The number of ether oxygens (including phenoxy) is 1. The lowest BCUT2D eigenvalue weighted by atomic mass is 10.0. The van der Waals surface area contributed by atoms with Gasteiger partial charge >= 0.3 is 6.16 Å². The first kappa shape index (κ1) is 12.8. The number of hydrogen-bond donors (Lipinski definition) is 1. The topological polar surface area (TPSA) is 46.5 Å². The minimum Gasteiger partial charge on any atom is -0.449 e. The van der Waals surface area contributed by atoms with Crippen LogP contribution in [0.25, 0.3) is 0 Å². The van der Waals surface area contributed by atoms with Crippen LogP contribution in [0.15, 0.2) is 24.5 Å². The minimum atomic E-state index is -1.30. The van der Waals surface area contributed by atoms with E-state index in [-0.39, 0.29) is 0 Å². The average molecular weight is 198 g/mol. The molecule has 3 heteroatoms. The average Bonchev–Trinajstić information content (AvgIpc) is 2.02. The van der Waals surface area contributed by atoms with E-state index in [4.69, 9.17) is 5.11 Å². The third kappa shape index (κ3) is 8.84. The van der Waals surface area contributed by atoms with Crippen LogP contribution in [0.2, 0.25) is 0 Å². The van der Waals surface area contributed by atoms with Crippen LogP contribution in [0.4, 0.5) is 4.79 Å². The van der Waals surface area contributed by atoms with Crippen molar-refractivity contribution in [2.24, 2.45) is 5.92 Å². The Morgan fingerprint density at radius 3 is 2.71 bits per heavy atom. The van der Waals surface area contributed by atoms with Crippen molar-refractivity contribution in [2.75, 3.05) is 0 Å². The van der Waals surface area contributed by atoms with Gasteiger partial charge in [-0.05, 0) is 24.8 Å². The highest BCUT2D eigenvalue weighted by Gasteiger charge is 1.95. The molecule has 0 aromatic heterocycles. The zero-order valence-corrected chi connectivity index (χ0v) is 8.82. The van der Waals surface area contributed by atoms with Crippen LogP contribution < -0.4 is 0 Å². The van der Waals surface area contributed by atoms with Crippen LogP contribution in [0, 0.1) is 5.92 Å². The van der Waals surface area contributed by atoms with Crippen molar-refractivity contribution < 1.29 is 14.6 Å². The molecule has 0 fully saturated rings. The predicted molar refractivity (Wildman–Crippen MR) is 56.1 cm³/mol. The van der Waals surface area contributed by atoms with Crippen molar-refractivity contribution >= 4 is 6.16 Å². The summed E-state index contributed by atoms with van der Waals surface area (Å²) >= 11 is 0. The summed E-state index contributed by atoms with van der Waals surface area (Å²) < 4.78 is 4.22. The van der Waals surface area contributed by atoms with Crippen molar-refractivity contribution in [3.63, 3.8) is 0 Å². The molecule has 0 heterocycles. The quantitative estimate of drug-likeness (QED) is 0.403. The predicted octanol–water partition coefficient (Wildman–Crippen LogP) is 3.58. The normalized spacial score (nSPS) is 10.8. The second-order valence-corrected chi connectivity index (χ2v) is 3.63. The summed E-state index contributed by atoms with van der Waals surface area (Å²) in [5.41, 5.74) is 0.895. The van der Waals surface area contributed by atoms with E-state index in [1.54, 1.807) is 6.08 Å². The Kier molecular flexibility index (Phi) is 6.54. The van der Waals surface area contributed by atoms with Gasteiger partial charge in [-0.1, -0.05) is 32.4 Å². The molecule has 14 heavy (non-hydrogen) atoms. The van der Waals surface area contributed by atoms with E-state index < -0.39 is 6.16 Å². The van der Waals surface area contributed by atoms with Gasteiger partial charge in [0.25, 0.3) is 0 Å². The van der Waals surface area contributed by atoms with Gasteiger partial charge in [0.2, 0.25) is 0 Å². The second-order valence-electron chi connectivity index (χ2n) is 3.63. The fraction of sp³-hybridized carbons (Fsp3) is 0.545. The fourth-order valence-corrected chi connectivity index (χ4v) is 1.01. The van der Waals surface area contributed by atoms with Crippen LogP contribution in [0.5, 0.6) is 0 Å². The maximum Gasteiger partial charge on any atom is 0.510 e. The van der Waals surface area contributed by atoms with Crippen molar-refractivity contribution in [1.29, 1.82) is 0 Å². The summed E-state index contributed by atoms with van der Waals surface area (Å²) in [6.45, 7) is 8.13. The Morgan fingerprint density at radius 2 is 2.21 bits per heavy atom. The van der Waals surface area contributed by atoms with E-state index in [2.05, 4.69) is 25.2 Å². The molecule has 0 amide bonds. The van der Waals surface area contributed by atoms with Crippen molar-refractivity contribution in [2.45, 2.75) is 33.1 Å². The molecule has 0 aliphatic rings. The molecule has 0 unspecified atom stereocenters. The summed E-state index contributed by atoms with van der Waals surface area (Å²) in [5.74, 6) is 0.696. The Labute approximate surface area is 85.1 Å². The molecule has 0 rings (SSSR count). The van der Waals surface area contributed by atoms with Crippen molar-refractivity contribution in [3.05, 3.63) is 24.5 Å². The van der Waals surface area contributed by atoms with E-state index in [0.29, 0.717) is 5.92 Å². The van der Waals surface area contributed by atoms with E-state index in [1.165, 1.54) is 0 Å². The number of rotatable bonds is 6. The molecule has 0 bridgehead atoms. The minimum absolute atomic E-state index is 0.696. The molecular formula is C11H18O3. The van der Waals surface area contributed by atoms with Crippen LogP contribution >= 0.6 is 0 Å². The molecule has 80 valence electrons.